The summed E-state index contributed by atoms with van der Waals surface area (Å²) in [6.07, 6.45) is 5.36. The minimum absolute atomic E-state index is 0.0139. The molecular formula is C26H23N5O2. The minimum Gasteiger partial charge on any atom is -0.365 e. The third-order valence-electron chi connectivity index (χ3n) is 6.20. The molecule has 0 radical (unpaired) electrons. The van der Waals surface area contributed by atoms with E-state index in [-0.39, 0.29) is 23.9 Å². The summed E-state index contributed by atoms with van der Waals surface area (Å²) in [6, 6.07) is 17.5. The highest BCUT2D eigenvalue weighted by Gasteiger charge is 2.38. The second kappa shape index (κ2) is 7.86. The Labute approximate surface area is 191 Å². The number of fused-ring (bicyclic) bond motifs is 2. The maximum Gasteiger partial charge on any atom is 0.258 e. The average Bonchev–Trinajstić information content (AvgIpc) is 3.73. The highest BCUT2D eigenvalue weighted by Crippen LogP contribution is 2.36. The summed E-state index contributed by atoms with van der Waals surface area (Å²) in [5.74, 6) is 0.0409. The smallest absolute Gasteiger partial charge is 0.258 e. The van der Waals surface area contributed by atoms with E-state index in [4.69, 9.17) is 0 Å². The fourth-order valence-electron chi connectivity index (χ4n) is 4.20. The van der Waals surface area contributed by atoms with Gasteiger partial charge in [-0.3, -0.25) is 19.9 Å². The van der Waals surface area contributed by atoms with Gasteiger partial charge in [0.25, 0.3) is 5.91 Å². The van der Waals surface area contributed by atoms with Crippen LogP contribution in [0.5, 0.6) is 0 Å². The summed E-state index contributed by atoms with van der Waals surface area (Å²) in [5.41, 5.74) is 6.77. The van der Waals surface area contributed by atoms with E-state index in [1.54, 1.807) is 12.4 Å². The van der Waals surface area contributed by atoms with Gasteiger partial charge in [-0.1, -0.05) is 30.3 Å². The van der Waals surface area contributed by atoms with Gasteiger partial charge in [-0.05, 0) is 53.8 Å². The molecule has 1 saturated carbocycles. The Hall–Kier alpha value is -3.97. The number of anilines is 2. The number of benzene rings is 2. The van der Waals surface area contributed by atoms with E-state index in [0.717, 1.165) is 46.5 Å². The number of aromatic nitrogens is 1. The molecule has 3 aromatic rings. The van der Waals surface area contributed by atoms with Crippen molar-refractivity contribution in [1.82, 2.24) is 15.6 Å². The molecule has 1 aromatic heterocycles. The Kier molecular flexibility index (Phi) is 4.69. The van der Waals surface area contributed by atoms with E-state index >= 15 is 0 Å². The van der Waals surface area contributed by atoms with E-state index in [2.05, 4.69) is 26.3 Å². The van der Waals surface area contributed by atoms with Gasteiger partial charge in [-0.2, -0.15) is 0 Å². The van der Waals surface area contributed by atoms with Crippen molar-refractivity contribution in [1.29, 1.82) is 0 Å². The number of pyridine rings is 1. The zero-order valence-electron chi connectivity index (χ0n) is 17.9. The molecule has 7 heteroatoms. The van der Waals surface area contributed by atoms with Crippen molar-refractivity contribution in [2.24, 2.45) is 5.92 Å². The maximum atomic E-state index is 13.3. The average molecular weight is 438 g/mol. The fourth-order valence-corrected chi connectivity index (χ4v) is 4.20. The van der Waals surface area contributed by atoms with E-state index in [1.165, 1.54) is 0 Å². The van der Waals surface area contributed by atoms with Crippen LogP contribution < -0.4 is 21.3 Å². The number of para-hydroxylation sites is 1. The molecule has 33 heavy (non-hydrogen) atoms. The van der Waals surface area contributed by atoms with E-state index in [9.17, 15) is 9.59 Å². The van der Waals surface area contributed by atoms with Crippen molar-refractivity contribution in [3.8, 4) is 11.1 Å². The predicted molar refractivity (Wildman–Crippen MR) is 127 cm³/mol. The van der Waals surface area contributed by atoms with Crippen LogP contribution in [0.25, 0.3) is 16.7 Å². The molecule has 1 saturated heterocycles. The van der Waals surface area contributed by atoms with Crippen molar-refractivity contribution in [2.45, 2.75) is 25.6 Å². The number of carbonyl (C=O) groups is 2. The van der Waals surface area contributed by atoms with Gasteiger partial charge in [-0.25, -0.2) is 0 Å². The lowest BCUT2D eigenvalue weighted by Gasteiger charge is -2.14. The van der Waals surface area contributed by atoms with Crippen LogP contribution in [0.2, 0.25) is 0 Å². The molecule has 2 aromatic carbocycles. The van der Waals surface area contributed by atoms with Gasteiger partial charge < -0.3 is 16.0 Å². The topological polar surface area (TPSA) is 105 Å². The number of rotatable bonds is 5. The number of hydrogen-bond acceptors (Lipinski definition) is 5. The molecule has 4 N–H and O–H groups in total. The summed E-state index contributed by atoms with van der Waals surface area (Å²) in [6.45, 7) is 0.661. The molecule has 1 atom stereocenters. The van der Waals surface area contributed by atoms with Crippen LogP contribution in [0.4, 0.5) is 11.4 Å². The van der Waals surface area contributed by atoms with Crippen LogP contribution in [-0.2, 0) is 16.1 Å². The first-order valence-electron chi connectivity index (χ1n) is 11.2. The number of carbonyl (C=O) groups excluding carboxylic acids is 2. The van der Waals surface area contributed by atoms with E-state index < -0.39 is 0 Å². The van der Waals surface area contributed by atoms with Crippen molar-refractivity contribution >= 4 is 28.8 Å². The molecule has 0 bridgehead atoms. The van der Waals surface area contributed by atoms with E-state index in [1.807, 2.05) is 54.6 Å². The number of nitrogens with one attached hydrogen (secondary N) is 4. The molecule has 0 spiro atoms. The largest absolute Gasteiger partial charge is 0.365 e. The summed E-state index contributed by atoms with van der Waals surface area (Å²) in [4.78, 5) is 29.8. The Morgan fingerprint density at radius 3 is 2.58 bits per heavy atom. The Morgan fingerprint density at radius 2 is 1.76 bits per heavy atom. The van der Waals surface area contributed by atoms with Crippen LogP contribution in [0, 0.1) is 5.92 Å². The van der Waals surface area contributed by atoms with Gasteiger partial charge in [0.05, 0.1) is 23.2 Å². The van der Waals surface area contributed by atoms with Crippen molar-refractivity contribution in [2.75, 3.05) is 10.6 Å². The zero-order valence-corrected chi connectivity index (χ0v) is 17.9. The lowest BCUT2D eigenvalue weighted by molar-refractivity contribution is -0.117. The first-order chi connectivity index (χ1) is 16.2. The monoisotopic (exact) mass is 437 g/mol. The number of amides is 2. The molecule has 2 fully saturated rings. The Bertz CT molecular complexity index is 1300. The normalized spacial score (nSPS) is 18.4. The first-order valence-corrected chi connectivity index (χ1v) is 11.2. The Balaban J connectivity index is 1.34. The minimum atomic E-state index is -0.142. The maximum absolute atomic E-state index is 13.3. The molecular weight excluding hydrogens is 414 g/mol. The zero-order chi connectivity index (χ0) is 22.4. The Morgan fingerprint density at radius 1 is 0.909 bits per heavy atom. The molecule has 7 nitrogen and oxygen atoms in total. The van der Waals surface area contributed by atoms with Gasteiger partial charge >= 0.3 is 0 Å². The number of hydrogen-bond donors (Lipinski definition) is 4. The van der Waals surface area contributed by atoms with E-state index in [0.29, 0.717) is 17.8 Å². The predicted octanol–water partition coefficient (Wildman–Crippen LogP) is 3.48. The molecule has 1 unspecified atom stereocenters. The van der Waals surface area contributed by atoms with Gasteiger partial charge in [-0.15, -0.1) is 0 Å². The molecule has 2 aliphatic heterocycles. The van der Waals surface area contributed by atoms with Gasteiger partial charge in [0.15, 0.2) is 0 Å². The second-order valence-electron chi connectivity index (χ2n) is 8.66. The molecule has 2 amide bonds. The van der Waals surface area contributed by atoms with Crippen LogP contribution in [0.3, 0.4) is 0 Å². The van der Waals surface area contributed by atoms with Crippen molar-refractivity contribution in [3.63, 3.8) is 0 Å². The molecule has 3 aliphatic rings. The highest BCUT2D eigenvalue weighted by atomic mass is 16.2. The fraction of sp³-hybridized carbons (Fsp3) is 0.192. The lowest BCUT2D eigenvalue weighted by Crippen LogP contribution is -2.19. The summed E-state index contributed by atoms with van der Waals surface area (Å²) < 4.78 is 0. The van der Waals surface area contributed by atoms with Gasteiger partial charge in [0.2, 0.25) is 5.91 Å². The van der Waals surface area contributed by atoms with Crippen LogP contribution in [0.15, 0.2) is 72.7 Å². The molecule has 164 valence electrons. The summed E-state index contributed by atoms with van der Waals surface area (Å²) >= 11 is 0. The second-order valence-corrected chi connectivity index (χ2v) is 8.66. The number of nitrogens with zero attached hydrogens (tertiary/aromatic N) is 1. The van der Waals surface area contributed by atoms with Crippen molar-refractivity contribution in [3.05, 3.63) is 83.8 Å². The lowest BCUT2D eigenvalue weighted by atomic mass is 9.94. The standard InChI is InChI=1S/C26H23N5O2/c32-25(15-6-7-15)30-20-10-18(12-27-14-20)16-8-9-17-13-28-24-23(31-24)22(21(17)11-16)26(33)29-19-4-2-1-3-5-19/h1-5,8-12,14-15,24,28,31H,6-7,13H2,(H,29,33)(H,30,32). The van der Waals surface area contributed by atoms with Crippen LogP contribution in [-0.4, -0.2) is 23.0 Å². The summed E-state index contributed by atoms with van der Waals surface area (Å²) in [5, 5.41) is 12.7. The SMILES string of the molecule is O=C(Nc1ccccc1)C1=C2NC2NCc2ccc(-c3cncc(NC(=O)C4CC4)c3)cc21. The third kappa shape index (κ3) is 3.99. The summed E-state index contributed by atoms with van der Waals surface area (Å²) in [7, 11) is 0. The van der Waals surface area contributed by atoms with Gasteiger partial charge in [0.1, 0.15) is 6.17 Å². The highest BCUT2D eigenvalue weighted by molar-refractivity contribution is 6.27. The van der Waals surface area contributed by atoms with Gasteiger partial charge in [0, 0.05) is 29.9 Å². The molecule has 1 aliphatic carbocycles. The van der Waals surface area contributed by atoms with Crippen LogP contribution >= 0.6 is 0 Å². The third-order valence-corrected chi connectivity index (χ3v) is 6.20. The molecule has 3 heterocycles. The van der Waals surface area contributed by atoms with Crippen molar-refractivity contribution < 1.29 is 9.59 Å². The first kappa shape index (κ1) is 19.7. The molecule has 6 rings (SSSR count). The van der Waals surface area contributed by atoms with Crippen LogP contribution in [0.1, 0.15) is 24.0 Å². The quantitative estimate of drug-likeness (QED) is 0.458.